The van der Waals surface area contributed by atoms with E-state index in [-0.39, 0.29) is 5.91 Å². The molecule has 1 amide bonds. The maximum atomic E-state index is 11.3. The van der Waals surface area contributed by atoms with Crippen molar-refractivity contribution >= 4 is 5.91 Å². The van der Waals surface area contributed by atoms with E-state index < -0.39 is 5.54 Å². The van der Waals surface area contributed by atoms with E-state index in [1.54, 1.807) is 6.08 Å². The van der Waals surface area contributed by atoms with Crippen LogP contribution >= 0.6 is 0 Å². The Labute approximate surface area is 66.9 Å². The van der Waals surface area contributed by atoms with Crippen molar-refractivity contribution in [2.45, 2.75) is 18.9 Å². The summed E-state index contributed by atoms with van der Waals surface area (Å²) in [5, 5.41) is 5.97. The third kappa shape index (κ3) is 1.60. The number of rotatable bonds is 2. The zero-order chi connectivity index (χ0) is 8.32. The van der Waals surface area contributed by atoms with Gasteiger partial charge in [-0.2, -0.15) is 0 Å². The molecule has 11 heavy (non-hydrogen) atoms. The van der Waals surface area contributed by atoms with Crippen LogP contribution in [0.1, 0.15) is 13.3 Å². The summed E-state index contributed by atoms with van der Waals surface area (Å²) in [4.78, 5) is 11.3. The van der Waals surface area contributed by atoms with Crippen molar-refractivity contribution < 1.29 is 4.79 Å². The summed E-state index contributed by atoms with van der Waals surface area (Å²) in [6, 6.07) is 0. The van der Waals surface area contributed by atoms with E-state index in [0.717, 1.165) is 13.1 Å². The van der Waals surface area contributed by atoms with Gasteiger partial charge in [0.05, 0.1) is 5.54 Å². The molecule has 0 aromatic carbocycles. The Balaban J connectivity index is 2.64. The smallest absolute Gasteiger partial charge is 0.240 e. The van der Waals surface area contributed by atoms with Gasteiger partial charge in [-0.05, 0) is 13.3 Å². The van der Waals surface area contributed by atoms with Gasteiger partial charge in [0.2, 0.25) is 5.91 Å². The SMILES string of the molecule is C=CC[C@]1(C)NCCNC1=O. The fraction of sp³-hybridized carbons (Fsp3) is 0.625. The molecule has 3 heteroatoms. The van der Waals surface area contributed by atoms with Gasteiger partial charge in [0.15, 0.2) is 0 Å². The molecule has 1 fully saturated rings. The predicted molar refractivity (Wildman–Crippen MR) is 44.2 cm³/mol. The molecule has 1 atom stereocenters. The molecule has 1 aliphatic heterocycles. The van der Waals surface area contributed by atoms with E-state index in [1.807, 2.05) is 6.92 Å². The quantitative estimate of drug-likeness (QED) is 0.551. The van der Waals surface area contributed by atoms with Crippen molar-refractivity contribution in [2.75, 3.05) is 13.1 Å². The van der Waals surface area contributed by atoms with E-state index in [1.165, 1.54) is 0 Å². The van der Waals surface area contributed by atoms with Crippen molar-refractivity contribution in [3.63, 3.8) is 0 Å². The number of hydrogen-bond donors (Lipinski definition) is 2. The van der Waals surface area contributed by atoms with Crippen LogP contribution in [0.4, 0.5) is 0 Å². The van der Waals surface area contributed by atoms with Crippen molar-refractivity contribution in [3.05, 3.63) is 12.7 Å². The van der Waals surface area contributed by atoms with Gasteiger partial charge in [-0.25, -0.2) is 0 Å². The highest BCUT2D eigenvalue weighted by atomic mass is 16.2. The minimum absolute atomic E-state index is 0.0728. The number of carbonyl (C=O) groups excluding carboxylic acids is 1. The number of amides is 1. The van der Waals surface area contributed by atoms with E-state index in [4.69, 9.17) is 0 Å². The van der Waals surface area contributed by atoms with Crippen LogP contribution in [0, 0.1) is 0 Å². The molecule has 0 saturated carbocycles. The standard InChI is InChI=1S/C8H14N2O/c1-3-4-8(2)7(11)9-5-6-10-8/h3,10H,1,4-6H2,2H3,(H,9,11)/t8-/m0/s1. The summed E-state index contributed by atoms with van der Waals surface area (Å²) in [7, 11) is 0. The zero-order valence-corrected chi connectivity index (χ0v) is 6.81. The van der Waals surface area contributed by atoms with Gasteiger partial charge in [0, 0.05) is 13.1 Å². The van der Waals surface area contributed by atoms with Crippen LogP contribution < -0.4 is 10.6 Å². The maximum Gasteiger partial charge on any atom is 0.240 e. The lowest BCUT2D eigenvalue weighted by molar-refractivity contribution is -0.128. The Kier molecular flexibility index (Phi) is 2.29. The number of hydrogen-bond acceptors (Lipinski definition) is 2. The average Bonchev–Trinajstić information content (AvgIpc) is 1.96. The topological polar surface area (TPSA) is 41.1 Å². The molecule has 0 radical (unpaired) electrons. The van der Waals surface area contributed by atoms with Crippen LogP contribution in [0.5, 0.6) is 0 Å². The second-order valence-electron chi connectivity index (χ2n) is 3.01. The summed E-state index contributed by atoms with van der Waals surface area (Å²) < 4.78 is 0. The Morgan fingerprint density at radius 3 is 3.00 bits per heavy atom. The molecular formula is C8H14N2O. The molecule has 62 valence electrons. The number of nitrogens with one attached hydrogen (secondary N) is 2. The van der Waals surface area contributed by atoms with Crippen LogP contribution in [0.2, 0.25) is 0 Å². The zero-order valence-electron chi connectivity index (χ0n) is 6.81. The summed E-state index contributed by atoms with van der Waals surface area (Å²) in [6.07, 6.45) is 2.44. The molecule has 0 aromatic rings. The Morgan fingerprint density at radius 2 is 2.45 bits per heavy atom. The Hall–Kier alpha value is -0.830. The average molecular weight is 154 g/mol. The first kappa shape index (κ1) is 8.27. The lowest BCUT2D eigenvalue weighted by Gasteiger charge is -2.32. The van der Waals surface area contributed by atoms with Gasteiger partial charge < -0.3 is 10.6 Å². The molecule has 2 N–H and O–H groups in total. The molecule has 1 saturated heterocycles. The second kappa shape index (κ2) is 3.05. The lowest BCUT2D eigenvalue weighted by Crippen LogP contribution is -2.61. The van der Waals surface area contributed by atoms with Crippen molar-refractivity contribution in [1.29, 1.82) is 0 Å². The van der Waals surface area contributed by atoms with E-state index in [2.05, 4.69) is 17.2 Å². The van der Waals surface area contributed by atoms with E-state index in [0.29, 0.717) is 6.42 Å². The molecule has 1 aliphatic rings. The van der Waals surface area contributed by atoms with Gasteiger partial charge >= 0.3 is 0 Å². The van der Waals surface area contributed by atoms with Crippen molar-refractivity contribution in [1.82, 2.24) is 10.6 Å². The molecule has 1 heterocycles. The normalized spacial score (nSPS) is 31.2. The van der Waals surface area contributed by atoms with Crippen LogP contribution in [0.15, 0.2) is 12.7 Å². The third-order valence-corrected chi connectivity index (χ3v) is 1.98. The molecule has 0 bridgehead atoms. The first-order chi connectivity index (χ1) is 5.19. The first-order valence-corrected chi connectivity index (χ1v) is 3.83. The molecule has 0 aromatic heterocycles. The maximum absolute atomic E-state index is 11.3. The molecule has 1 rings (SSSR count). The number of carbonyl (C=O) groups is 1. The van der Waals surface area contributed by atoms with E-state index >= 15 is 0 Å². The van der Waals surface area contributed by atoms with Crippen LogP contribution in [0.3, 0.4) is 0 Å². The minimum Gasteiger partial charge on any atom is -0.353 e. The Morgan fingerprint density at radius 1 is 1.73 bits per heavy atom. The fourth-order valence-electron chi connectivity index (χ4n) is 1.24. The van der Waals surface area contributed by atoms with Crippen molar-refractivity contribution in [2.24, 2.45) is 0 Å². The minimum atomic E-state index is -0.431. The molecule has 0 unspecified atom stereocenters. The van der Waals surface area contributed by atoms with E-state index in [9.17, 15) is 4.79 Å². The monoisotopic (exact) mass is 154 g/mol. The lowest BCUT2D eigenvalue weighted by atomic mass is 9.95. The summed E-state index contributed by atoms with van der Waals surface area (Å²) in [6.45, 7) is 7.08. The summed E-state index contributed by atoms with van der Waals surface area (Å²) in [5.41, 5.74) is -0.431. The highest BCUT2D eigenvalue weighted by Crippen LogP contribution is 2.11. The van der Waals surface area contributed by atoms with Gasteiger partial charge in [0.25, 0.3) is 0 Å². The van der Waals surface area contributed by atoms with Crippen molar-refractivity contribution in [3.8, 4) is 0 Å². The summed E-state index contributed by atoms with van der Waals surface area (Å²) >= 11 is 0. The predicted octanol–water partition coefficient (Wildman–Crippen LogP) is 0.0406. The first-order valence-electron chi connectivity index (χ1n) is 3.83. The highest BCUT2D eigenvalue weighted by molar-refractivity contribution is 5.86. The number of piperazine rings is 1. The molecule has 0 aliphatic carbocycles. The molecule has 3 nitrogen and oxygen atoms in total. The second-order valence-corrected chi connectivity index (χ2v) is 3.01. The van der Waals surface area contributed by atoms with Crippen LogP contribution in [-0.4, -0.2) is 24.5 Å². The van der Waals surface area contributed by atoms with Gasteiger partial charge in [0.1, 0.15) is 0 Å². The summed E-state index contributed by atoms with van der Waals surface area (Å²) in [5.74, 6) is 0.0728. The third-order valence-electron chi connectivity index (χ3n) is 1.98. The van der Waals surface area contributed by atoms with Gasteiger partial charge in [-0.3, -0.25) is 4.79 Å². The Bertz CT molecular complexity index is 179. The van der Waals surface area contributed by atoms with Crippen LogP contribution in [0.25, 0.3) is 0 Å². The molecule has 0 spiro atoms. The van der Waals surface area contributed by atoms with Gasteiger partial charge in [-0.1, -0.05) is 6.08 Å². The fourth-order valence-corrected chi connectivity index (χ4v) is 1.24. The largest absolute Gasteiger partial charge is 0.353 e. The van der Waals surface area contributed by atoms with Gasteiger partial charge in [-0.15, -0.1) is 6.58 Å². The highest BCUT2D eigenvalue weighted by Gasteiger charge is 2.33. The van der Waals surface area contributed by atoms with Crippen LogP contribution in [-0.2, 0) is 4.79 Å². The molecular weight excluding hydrogens is 140 g/mol.